The van der Waals surface area contributed by atoms with Crippen LogP contribution in [0.4, 0.5) is 0 Å². The minimum absolute atomic E-state index is 0.0602. The second-order valence-corrected chi connectivity index (χ2v) is 8.30. The molecular weight excluding hydrogens is 392 g/mol. The lowest BCUT2D eigenvalue weighted by Crippen LogP contribution is -2.27. The van der Waals surface area contributed by atoms with E-state index in [4.69, 9.17) is 9.15 Å². The maximum absolute atomic E-state index is 12.4. The second kappa shape index (κ2) is 9.02. The van der Waals surface area contributed by atoms with Crippen LogP contribution in [0.5, 0.6) is 0 Å². The minimum Gasteiger partial charge on any atom is -0.456 e. The van der Waals surface area contributed by atoms with Gasteiger partial charge in [0.15, 0.2) is 12.4 Å². The maximum atomic E-state index is 12.4. The van der Waals surface area contributed by atoms with Gasteiger partial charge >= 0.3 is 5.97 Å². The van der Waals surface area contributed by atoms with Crippen LogP contribution in [-0.2, 0) is 26.2 Å². The lowest BCUT2D eigenvalue weighted by atomic mass is 10.2. The highest BCUT2D eigenvalue weighted by molar-refractivity contribution is 7.89. The Bertz CT molecular complexity index is 1090. The number of hydrogen-bond acceptors (Lipinski definition) is 6. The molecule has 0 unspecified atom stereocenters. The number of oxazole rings is 1. The molecule has 3 aromatic rings. The van der Waals surface area contributed by atoms with Gasteiger partial charge in [0, 0.05) is 12.1 Å². The van der Waals surface area contributed by atoms with Crippen molar-refractivity contribution in [3.8, 4) is 11.3 Å². The van der Waals surface area contributed by atoms with E-state index in [0.717, 1.165) is 11.1 Å². The van der Waals surface area contributed by atoms with Gasteiger partial charge in [-0.15, -0.1) is 0 Å². The normalized spacial score (nSPS) is 11.4. The molecule has 7 nitrogen and oxygen atoms in total. The summed E-state index contributed by atoms with van der Waals surface area (Å²) in [5.41, 5.74) is 2.50. The Balaban J connectivity index is 1.47. The molecule has 2 aromatic carbocycles. The first-order valence-electron chi connectivity index (χ1n) is 9.08. The molecule has 0 aliphatic carbocycles. The molecule has 0 saturated carbocycles. The molecule has 1 heterocycles. The van der Waals surface area contributed by atoms with Gasteiger partial charge in [-0.05, 0) is 25.5 Å². The molecular formula is C21H22N2O5S. The van der Waals surface area contributed by atoms with E-state index in [1.807, 2.05) is 37.3 Å². The molecule has 29 heavy (non-hydrogen) atoms. The fourth-order valence-corrected chi connectivity index (χ4v) is 4.05. The predicted octanol–water partition coefficient (Wildman–Crippen LogP) is 3.37. The molecule has 0 radical (unpaired) electrons. The van der Waals surface area contributed by atoms with Crippen LogP contribution in [0.15, 0.2) is 64.0 Å². The maximum Gasteiger partial charge on any atom is 0.307 e. The number of ether oxygens (including phenoxy) is 1. The molecule has 3 rings (SSSR count). The average molecular weight is 414 g/mol. The molecule has 0 amide bonds. The van der Waals surface area contributed by atoms with Crippen molar-refractivity contribution in [2.24, 2.45) is 0 Å². The van der Waals surface area contributed by atoms with E-state index < -0.39 is 16.0 Å². The monoisotopic (exact) mass is 414 g/mol. The van der Waals surface area contributed by atoms with Crippen molar-refractivity contribution in [2.75, 3.05) is 6.54 Å². The standard InChI is InChI=1S/C21H22N2O5S/c1-15-8-9-19(16(2)12-15)29(25,26)23-11-10-21(24)27-14-20-22-13-18(28-20)17-6-4-3-5-7-17/h3-9,12-13,23H,10-11,14H2,1-2H3. The highest BCUT2D eigenvalue weighted by atomic mass is 32.2. The van der Waals surface area contributed by atoms with E-state index in [1.165, 1.54) is 0 Å². The van der Waals surface area contributed by atoms with Gasteiger partial charge in [-0.3, -0.25) is 4.79 Å². The SMILES string of the molecule is Cc1ccc(S(=O)(=O)NCCC(=O)OCc2ncc(-c3ccccc3)o2)c(C)c1. The number of aryl methyl sites for hydroxylation is 2. The van der Waals surface area contributed by atoms with Crippen molar-refractivity contribution in [3.63, 3.8) is 0 Å². The summed E-state index contributed by atoms with van der Waals surface area (Å²) < 4.78 is 37.8. The highest BCUT2D eigenvalue weighted by Gasteiger charge is 2.17. The van der Waals surface area contributed by atoms with E-state index in [9.17, 15) is 13.2 Å². The first-order chi connectivity index (χ1) is 13.8. The molecule has 0 fully saturated rings. The Morgan fingerprint density at radius 2 is 1.90 bits per heavy atom. The number of sulfonamides is 1. The van der Waals surface area contributed by atoms with Crippen LogP contribution < -0.4 is 4.72 Å². The van der Waals surface area contributed by atoms with Crippen molar-refractivity contribution in [1.29, 1.82) is 0 Å². The molecule has 1 aromatic heterocycles. The number of hydrogen-bond donors (Lipinski definition) is 1. The Hall–Kier alpha value is -2.97. The van der Waals surface area contributed by atoms with Crippen molar-refractivity contribution in [3.05, 3.63) is 71.7 Å². The zero-order valence-corrected chi connectivity index (χ0v) is 17.0. The van der Waals surface area contributed by atoms with Gasteiger partial charge in [-0.25, -0.2) is 18.1 Å². The molecule has 0 spiro atoms. The van der Waals surface area contributed by atoms with Gasteiger partial charge in [-0.1, -0.05) is 48.0 Å². The first-order valence-corrected chi connectivity index (χ1v) is 10.6. The molecule has 0 aliphatic heterocycles. The van der Waals surface area contributed by atoms with Crippen LogP contribution in [0.1, 0.15) is 23.4 Å². The summed E-state index contributed by atoms with van der Waals surface area (Å²) in [6.07, 6.45) is 1.47. The number of carbonyl (C=O) groups excluding carboxylic acids is 1. The summed E-state index contributed by atoms with van der Waals surface area (Å²) in [5, 5.41) is 0. The van der Waals surface area contributed by atoms with Crippen molar-refractivity contribution >= 4 is 16.0 Å². The zero-order chi connectivity index (χ0) is 20.9. The van der Waals surface area contributed by atoms with Crippen LogP contribution in [0.2, 0.25) is 0 Å². The van der Waals surface area contributed by atoms with E-state index in [2.05, 4.69) is 9.71 Å². The highest BCUT2D eigenvalue weighted by Crippen LogP contribution is 2.20. The first kappa shape index (κ1) is 20.8. The van der Waals surface area contributed by atoms with Gasteiger partial charge in [0.05, 0.1) is 17.5 Å². The molecule has 1 N–H and O–H groups in total. The third kappa shape index (κ3) is 5.52. The van der Waals surface area contributed by atoms with E-state index in [-0.39, 0.29) is 30.4 Å². The van der Waals surface area contributed by atoms with Crippen LogP contribution in [-0.4, -0.2) is 25.9 Å². The molecule has 0 atom stereocenters. The largest absolute Gasteiger partial charge is 0.456 e. The van der Waals surface area contributed by atoms with E-state index in [1.54, 1.807) is 31.3 Å². The summed E-state index contributed by atoms with van der Waals surface area (Å²) >= 11 is 0. The fourth-order valence-electron chi connectivity index (χ4n) is 2.79. The van der Waals surface area contributed by atoms with Gasteiger partial charge in [0.1, 0.15) is 0 Å². The second-order valence-electron chi connectivity index (χ2n) is 6.56. The van der Waals surface area contributed by atoms with Crippen molar-refractivity contribution in [1.82, 2.24) is 9.71 Å². The number of carbonyl (C=O) groups is 1. The zero-order valence-electron chi connectivity index (χ0n) is 16.2. The van der Waals surface area contributed by atoms with Gasteiger partial charge in [0.2, 0.25) is 15.9 Å². The van der Waals surface area contributed by atoms with Crippen molar-refractivity contribution in [2.45, 2.75) is 31.8 Å². The third-order valence-electron chi connectivity index (χ3n) is 4.21. The molecule has 0 bridgehead atoms. The quantitative estimate of drug-likeness (QED) is 0.568. The lowest BCUT2D eigenvalue weighted by molar-refractivity contribution is -0.145. The number of benzene rings is 2. The lowest BCUT2D eigenvalue weighted by Gasteiger charge is -2.09. The number of aromatic nitrogens is 1. The summed E-state index contributed by atoms with van der Waals surface area (Å²) in [6, 6.07) is 14.5. The Morgan fingerprint density at radius 1 is 1.14 bits per heavy atom. The topological polar surface area (TPSA) is 98.5 Å². The summed E-state index contributed by atoms with van der Waals surface area (Å²) in [6.45, 7) is 3.45. The summed E-state index contributed by atoms with van der Waals surface area (Å²) in [4.78, 5) is 16.2. The van der Waals surface area contributed by atoms with Crippen LogP contribution in [0, 0.1) is 13.8 Å². The Kier molecular flexibility index (Phi) is 6.46. The Labute approximate surface area is 169 Å². The molecule has 8 heteroatoms. The number of nitrogens with one attached hydrogen (secondary N) is 1. The van der Waals surface area contributed by atoms with Gasteiger partial charge in [0.25, 0.3) is 0 Å². The van der Waals surface area contributed by atoms with Gasteiger partial charge < -0.3 is 9.15 Å². The van der Waals surface area contributed by atoms with Crippen LogP contribution in [0.3, 0.4) is 0 Å². The summed E-state index contributed by atoms with van der Waals surface area (Å²) in [7, 11) is -3.69. The molecule has 0 saturated heterocycles. The predicted molar refractivity (Wildman–Crippen MR) is 107 cm³/mol. The molecule has 152 valence electrons. The smallest absolute Gasteiger partial charge is 0.307 e. The number of esters is 1. The van der Waals surface area contributed by atoms with Gasteiger partial charge in [-0.2, -0.15) is 0 Å². The van der Waals surface area contributed by atoms with Crippen molar-refractivity contribution < 1.29 is 22.4 Å². The Morgan fingerprint density at radius 3 is 2.62 bits per heavy atom. The number of nitrogens with zero attached hydrogens (tertiary/aromatic N) is 1. The molecule has 0 aliphatic rings. The van der Waals surface area contributed by atoms with E-state index >= 15 is 0 Å². The minimum atomic E-state index is -3.69. The average Bonchev–Trinajstić information content (AvgIpc) is 3.16. The third-order valence-corrected chi connectivity index (χ3v) is 5.83. The van der Waals surface area contributed by atoms with Crippen LogP contribution >= 0.6 is 0 Å². The number of rotatable bonds is 8. The van der Waals surface area contributed by atoms with Crippen LogP contribution in [0.25, 0.3) is 11.3 Å². The fraction of sp³-hybridized carbons (Fsp3) is 0.238. The van der Waals surface area contributed by atoms with E-state index in [0.29, 0.717) is 11.3 Å². The summed E-state index contributed by atoms with van der Waals surface area (Å²) in [5.74, 6) is 0.304.